The van der Waals surface area contributed by atoms with Crippen LogP contribution in [0, 0.1) is 0 Å². The van der Waals surface area contributed by atoms with Crippen LogP contribution in [0.25, 0.3) is 0 Å². The third-order valence-corrected chi connectivity index (χ3v) is 4.89. The first-order chi connectivity index (χ1) is 9.94. The minimum Gasteiger partial charge on any atom is -0.485 e. The Morgan fingerprint density at radius 2 is 2.19 bits per heavy atom. The van der Waals surface area contributed by atoms with E-state index in [4.69, 9.17) is 4.74 Å². The van der Waals surface area contributed by atoms with E-state index >= 15 is 0 Å². The first-order valence-corrected chi connectivity index (χ1v) is 8.12. The molecule has 4 nitrogen and oxygen atoms in total. The molecule has 0 radical (unpaired) electrons. The lowest BCUT2D eigenvalue weighted by molar-refractivity contribution is -0.0803. The number of halogens is 1. The summed E-state index contributed by atoms with van der Waals surface area (Å²) in [6.45, 7) is 4.80. The molecule has 1 fully saturated rings. The highest BCUT2D eigenvalue weighted by atomic mass is 79.9. The van der Waals surface area contributed by atoms with Gasteiger partial charge in [-0.25, -0.2) is 0 Å². The molecule has 1 saturated heterocycles. The Bertz CT molecular complexity index is 586. The molecule has 0 spiro atoms. The molecule has 2 heterocycles. The van der Waals surface area contributed by atoms with Crippen molar-refractivity contribution in [2.75, 3.05) is 13.6 Å². The van der Waals surface area contributed by atoms with Crippen molar-refractivity contribution in [1.82, 2.24) is 4.90 Å². The van der Waals surface area contributed by atoms with Crippen LogP contribution in [-0.4, -0.2) is 41.1 Å². The SMILES string of the molecule is CN=C1CCCN1[C@@H]1c2cc(Br)ccc2OC(C)(C)[C@H]1O. The molecule has 21 heavy (non-hydrogen) atoms. The van der Waals surface area contributed by atoms with Crippen molar-refractivity contribution in [3.05, 3.63) is 28.2 Å². The topological polar surface area (TPSA) is 45.1 Å². The monoisotopic (exact) mass is 352 g/mol. The summed E-state index contributed by atoms with van der Waals surface area (Å²) in [6, 6.07) is 5.88. The van der Waals surface area contributed by atoms with E-state index in [2.05, 4.69) is 25.8 Å². The van der Waals surface area contributed by atoms with Gasteiger partial charge in [0.1, 0.15) is 17.5 Å². The summed E-state index contributed by atoms with van der Waals surface area (Å²) < 4.78 is 7.00. The van der Waals surface area contributed by atoms with Crippen molar-refractivity contribution in [2.45, 2.75) is 44.4 Å². The third-order valence-electron chi connectivity index (χ3n) is 4.40. The Balaban J connectivity index is 2.11. The van der Waals surface area contributed by atoms with Crippen molar-refractivity contribution in [3.8, 4) is 5.75 Å². The van der Waals surface area contributed by atoms with E-state index < -0.39 is 11.7 Å². The molecule has 2 aliphatic rings. The lowest BCUT2D eigenvalue weighted by Crippen LogP contribution is -2.53. The molecule has 1 aromatic rings. The molecular formula is C16H21BrN2O2. The van der Waals surface area contributed by atoms with Gasteiger partial charge in [-0.05, 0) is 38.5 Å². The predicted molar refractivity (Wildman–Crippen MR) is 86.9 cm³/mol. The number of hydrogen-bond acceptors (Lipinski definition) is 3. The highest BCUT2D eigenvalue weighted by Gasteiger charge is 2.46. The fourth-order valence-electron chi connectivity index (χ4n) is 3.30. The first kappa shape index (κ1) is 14.9. The predicted octanol–water partition coefficient (Wildman–Crippen LogP) is 3.15. The largest absolute Gasteiger partial charge is 0.485 e. The Kier molecular flexibility index (Phi) is 3.74. The average Bonchev–Trinajstić information content (AvgIpc) is 2.89. The van der Waals surface area contributed by atoms with Gasteiger partial charge in [0, 0.05) is 30.0 Å². The molecule has 0 saturated carbocycles. The van der Waals surface area contributed by atoms with E-state index in [-0.39, 0.29) is 6.04 Å². The maximum Gasteiger partial charge on any atom is 0.132 e. The molecule has 0 aliphatic carbocycles. The number of ether oxygens (including phenoxy) is 1. The molecule has 1 aromatic carbocycles. The summed E-state index contributed by atoms with van der Waals surface area (Å²) in [5, 5.41) is 10.9. The molecule has 114 valence electrons. The fourth-order valence-corrected chi connectivity index (χ4v) is 3.67. The lowest BCUT2D eigenvalue weighted by Gasteiger charge is -2.46. The van der Waals surface area contributed by atoms with E-state index in [0.29, 0.717) is 0 Å². The van der Waals surface area contributed by atoms with Crippen LogP contribution < -0.4 is 4.74 Å². The van der Waals surface area contributed by atoms with Crippen LogP contribution in [0.2, 0.25) is 0 Å². The number of benzene rings is 1. The third kappa shape index (κ3) is 2.46. The van der Waals surface area contributed by atoms with Crippen molar-refractivity contribution >= 4 is 21.8 Å². The Morgan fingerprint density at radius 1 is 1.43 bits per heavy atom. The number of hydrogen-bond donors (Lipinski definition) is 1. The van der Waals surface area contributed by atoms with Crippen LogP contribution in [0.1, 0.15) is 38.3 Å². The van der Waals surface area contributed by atoms with Crippen LogP contribution in [0.5, 0.6) is 5.75 Å². The maximum atomic E-state index is 10.9. The maximum absolute atomic E-state index is 10.9. The second kappa shape index (κ2) is 5.29. The van der Waals surface area contributed by atoms with Gasteiger partial charge in [0.2, 0.25) is 0 Å². The lowest BCUT2D eigenvalue weighted by atomic mass is 9.85. The van der Waals surface area contributed by atoms with Gasteiger partial charge in [-0.1, -0.05) is 15.9 Å². The Labute approximate surface area is 133 Å². The van der Waals surface area contributed by atoms with Gasteiger partial charge in [0.15, 0.2) is 0 Å². The van der Waals surface area contributed by atoms with E-state index in [9.17, 15) is 5.11 Å². The van der Waals surface area contributed by atoms with Gasteiger partial charge in [-0.2, -0.15) is 0 Å². The molecule has 2 aliphatic heterocycles. The number of likely N-dealkylation sites (tertiary alicyclic amines) is 1. The zero-order valence-corrected chi connectivity index (χ0v) is 14.2. The zero-order valence-electron chi connectivity index (χ0n) is 12.6. The smallest absolute Gasteiger partial charge is 0.132 e. The number of nitrogens with zero attached hydrogens (tertiary/aromatic N) is 2. The van der Waals surface area contributed by atoms with E-state index in [1.807, 2.05) is 39.1 Å². The second-order valence-corrected chi connectivity index (χ2v) is 7.13. The van der Waals surface area contributed by atoms with Gasteiger partial charge in [-0.3, -0.25) is 4.99 Å². The van der Waals surface area contributed by atoms with Gasteiger partial charge in [0.25, 0.3) is 0 Å². The number of aliphatic hydroxyl groups is 1. The number of rotatable bonds is 1. The Morgan fingerprint density at radius 3 is 2.90 bits per heavy atom. The van der Waals surface area contributed by atoms with E-state index in [0.717, 1.165) is 41.0 Å². The normalized spacial score (nSPS) is 29.4. The van der Waals surface area contributed by atoms with Gasteiger partial charge in [0.05, 0.1) is 11.9 Å². The number of aliphatic hydroxyl groups excluding tert-OH is 1. The number of fused-ring (bicyclic) bond motifs is 1. The highest BCUT2D eigenvalue weighted by molar-refractivity contribution is 9.10. The summed E-state index contributed by atoms with van der Waals surface area (Å²) in [5.41, 5.74) is 0.409. The minimum absolute atomic E-state index is 0.109. The molecule has 0 amide bonds. The fraction of sp³-hybridized carbons (Fsp3) is 0.562. The second-order valence-electron chi connectivity index (χ2n) is 6.21. The average molecular weight is 353 g/mol. The van der Waals surface area contributed by atoms with Gasteiger partial charge in [-0.15, -0.1) is 0 Å². The molecule has 1 N–H and O–H groups in total. The van der Waals surface area contributed by atoms with Crippen LogP contribution in [0.3, 0.4) is 0 Å². The molecule has 0 unspecified atom stereocenters. The Hall–Kier alpha value is -1.07. The summed E-state index contributed by atoms with van der Waals surface area (Å²) in [7, 11) is 1.83. The summed E-state index contributed by atoms with van der Waals surface area (Å²) in [4.78, 5) is 6.64. The summed E-state index contributed by atoms with van der Waals surface area (Å²) in [5.74, 6) is 1.92. The molecule has 0 bridgehead atoms. The van der Waals surface area contributed by atoms with Crippen LogP contribution >= 0.6 is 15.9 Å². The van der Waals surface area contributed by atoms with Crippen molar-refractivity contribution < 1.29 is 9.84 Å². The molecule has 0 aromatic heterocycles. The number of aliphatic imine (C=N–C) groups is 1. The van der Waals surface area contributed by atoms with Gasteiger partial charge < -0.3 is 14.7 Å². The first-order valence-electron chi connectivity index (χ1n) is 7.33. The zero-order chi connectivity index (χ0) is 15.2. The van der Waals surface area contributed by atoms with E-state index in [1.54, 1.807) is 0 Å². The molecule has 3 rings (SSSR count). The minimum atomic E-state index is -0.618. The van der Waals surface area contributed by atoms with Crippen LogP contribution in [0.15, 0.2) is 27.7 Å². The summed E-state index contributed by atoms with van der Waals surface area (Å²) >= 11 is 3.52. The van der Waals surface area contributed by atoms with Crippen molar-refractivity contribution in [1.29, 1.82) is 0 Å². The molecule has 5 heteroatoms. The van der Waals surface area contributed by atoms with Crippen molar-refractivity contribution in [3.63, 3.8) is 0 Å². The summed E-state index contributed by atoms with van der Waals surface area (Å²) in [6.07, 6.45) is 1.46. The van der Waals surface area contributed by atoms with Crippen LogP contribution in [-0.2, 0) is 0 Å². The molecular weight excluding hydrogens is 332 g/mol. The quantitative estimate of drug-likeness (QED) is 0.844. The standard InChI is InChI=1S/C16H21BrN2O2/c1-16(2)15(20)14(19-8-4-5-13(19)18-3)11-9-10(17)6-7-12(11)21-16/h6-7,9,14-15,20H,4-5,8H2,1-3H3/t14-,15+/m1/s1. The number of amidine groups is 1. The van der Waals surface area contributed by atoms with Gasteiger partial charge >= 0.3 is 0 Å². The van der Waals surface area contributed by atoms with Crippen LogP contribution in [0.4, 0.5) is 0 Å². The van der Waals surface area contributed by atoms with Crippen molar-refractivity contribution in [2.24, 2.45) is 4.99 Å². The van der Waals surface area contributed by atoms with E-state index in [1.165, 1.54) is 0 Å². The highest BCUT2D eigenvalue weighted by Crippen LogP contribution is 2.45. The molecule has 2 atom stereocenters.